The number of aromatic hydroxyl groups is 1. The number of phenolic OH excluding ortho intramolecular Hbond substituents is 1. The molecule has 142 valence electrons. The Balaban J connectivity index is 1.98. The Bertz CT molecular complexity index is 717. The van der Waals surface area contributed by atoms with Gasteiger partial charge >= 0.3 is 6.18 Å². The number of benzene rings is 1. The van der Waals surface area contributed by atoms with Crippen LogP contribution in [0.5, 0.6) is 5.75 Å². The molecule has 0 spiro atoms. The molecule has 0 bridgehead atoms. The van der Waals surface area contributed by atoms with Crippen molar-refractivity contribution in [2.24, 2.45) is 0 Å². The number of nitrogens with zero attached hydrogens (tertiary/aromatic N) is 2. The molecule has 0 aromatic heterocycles. The molecule has 0 saturated carbocycles. The Morgan fingerprint density at radius 3 is 2.35 bits per heavy atom. The fraction of sp³-hybridized carbons (Fsp3) is 0.375. The predicted octanol–water partition coefficient (Wildman–Crippen LogP) is 2.33. The minimum atomic E-state index is -4.68. The van der Waals surface area contributed by atoms with Crippen molar-refractivity contribution in [1.82, 2.24) is 9.80 Å². The van der Waals surface area contributed by atoms with E-state index < -0.39 is 22.5 Å². The molecule has 1 aromatic rings. The topological polar surface area (TPSA) is 72.9 Å². The van der Waals surface area contributed by atoms with E-state index in [2.05, 4.69) is 11.9 Å². The maximum Gasteiger partial charge on any atom is 0.417 e. The van der Waals surface area contributed by atoms with E-state index in [9.17, 15) is 27.9 Å². The van der Waals surface area contributed by atoms with Crippen LogP contribution in [0, 0.1) is 0 Å². The molecule has 2 N–H and O–H groups in total. The SMILES string of the molecule is C=CC(=O)N1CCN(C(=O)CNc2cc(C(F)(F)F)c(Cl)cc2O)CC1. The summed E-state index contributed by atoms with van der Waals surface area (Å²) in [4.78, 5) is 26.7. The number of halogens is 4. The summed E-state index contributed by atoms with van der Waals surface area (Å²) in [6, 6.07) is 1.43. The number of hydrogen-bond donors (Lipinski definition) is 2. The molecule has 0 radical (unpaired) electrons. The van der Waals surface area contributed by atoms with E-state index in [-0.39, 0.29) is 24.0 Å². The number of phenols is 1. The molecular formula is C16H17ClF3N3O3. The van der Waals surface area contributed by atoms with Crippen molar-refractivity contribution in [3.63, 3.8) is 0 Å². The average Bonchev–Trinajstić information content (AvgIpc) is 2.59. The van der Waals surface area contributed by atoms with Crippen molar-refractivity contribution in [3.8, 4) is 5.75 Å². The largest absolute Gasteiger partial charge is 0.506 e. The van der Waals surface area contributed by atoms with Crippen molar-refractivity contribution < 1.29 is 27.9 Å². The molecule has 1 fully saturated rings. The van der Waals surface area contributed by atoms with Crippen LogP contribution in [0.1, 0.15) is 5.56 Å². The van der Waals surface area contributed by atoms with Gasteiger partial charge in [0.15, 0.2) is 0 Å². The number of amides is 2. The van der Waals surface area contributed by atoms with Crippen LogP contribution in [-0.4, -0.2) is 59.4 Å². The van der Waals surface area contributed by atoms with Crippen LogP contribution >= 0.6 is 11.6 Å². The Labute approximate surface area is 152 Å². The third-order valence-electron chi connectivity index (χ3n) is 3.94. The molecule has 6 nitrogen and oxygen atoms in total. The lowest BCUT2D eigenvalue weighted by Crippen LogP contribution is -2.51. The summed E-state index contributed by atoms with van der Waals surface area (Å²) in [7, 11) is 0. The Hall–Kier alpha value is -2.42. The van der Waals surface area contributed by atoms with Gasteiger partial charge in [0, 0.05) is 32.2 Å². The van der Waals surface area contributed by atoms with E-state index >= 15 is 0 Å². The standard InChI is InChI=1S/C16H17ClF3N3O3/c1-2-14(25)22-3-5-23(6-4-22)15(26)9-21-12-7-10(16(18,19)20)11(17)8-13(12)24/h2,7-8,21,24H,1,3-6,9H2. The first-order valence-electron chi connectivity index (χ1n) is 7.66. The highest BCUT2D eigenvalue weighted by molar-refractivity contribution is 6.31. The second kappa shape index (κ2) is 7.86. The first-order chi connectivity index (χ1) is 12.1. The zero-order valence-electron chi connectivity index (χ0n) is 13.6. The Morgan fingerprint density at radius 1 is 1.23 bits per heavy atom. The van der Waals surface area contributed by atoms with Crippen molar-refractivity contribution in [1.29, 1.82) is 0 Å². The first kappa shape index (κ1) is 19.9. The summed E-state index contributed by atoms with van der Waals surface area (Å²) in [5, 5.41) is 11.6. The van der Waals surface area contributed by atoms with Crippen LogP contribution in [0.25, 0.3) is 0 Å². The van der Waals surface area contributed by atoms with Crippen molar-refractivity contribution in [2.45, 2.75) is 6.18 Å². The molecule has 1 heterocycles. The molecule has 1 saturated heterocycles. The summed E-state index contributed by atoms with van der Waals surface area (Å²) >= 11 is 5.50. The number of carbonyl (C=O) groups excluding carboxylic acids is 2. The van der Waals surface area contributed by atoms with Crippen LogP contribution in [-0.2, 0) is 15.8 Å². The van der Waals surface area contributed by atoms with Crippen LogP contribution in [0.15, 0.2) is 24.8 Å². The lowest BCUT2D eigenvalue weighted by Gasteiger charge is -2.34. The van der Waals surface area contributed by atoms with Gasteiger partial charge in [-0.2, -0.15) is 13.2 Å². The van der Waals surface area contributed by atoms with Crippen molar-refractivity contribution >= 4 is 29.1 Å². The summed E-state index contributed by atoms with van der Waals surface area (Å²) < 4.78 is 38.6. The molecule has 26 heavy (non-hydrogen) atoms. The fourth-order valence-corrected chi connectivity index (χ4v) is 2.77. The Kier molecular flexibility index (Phi) is 6.01. The van der Waals surface area contributed by atoms with E-state index in [1.54, 1.807) is 4.90 Å². The lowest BCUT2D eigenvalue weighted by molar-refractivity contribution is -0.137. The van der Waals surface area contributed by atoms with Crippen molar-refractivity contribution in [2.75, 3.05) is 38.0 Å². The molecule has 1 aromatic carbocycles. The van der Waals surface area contributed by atoms with Crippen LogP contribution in [0.2, 0.25) is 5.02 Å². The van der Waals surface area contributed by atoms with Gasteiger partial charge in [-0.05, 0) is 12.1 Å². The molecule has 1 aliphatic heterocycles. The zero-order chi connectivity index (χ0) is 19.5. The van der Waals surface area contributed by atoms with Gasteiger partial charge in [0.25, 0.3) is 0 Å². The van der Waals surface area contributed by atoms with Gasteiger partial charge < -0.3 is 20.2 Å². The van der Waals surface area contributed by atoms with Crippen LogP contribution in [0.4, 0.5) is 18.9 Å². The number of rotatable bonds is 4. The van der Waals surface area contributed by atoms with Crippen LogP contribution < -0.4 is 5.32 Å². The third-order valence-corrected chi connectivity index (χ3v) is 4.25. The van der Waals surface area contributed by atoms with Crippen molar-refractivity contribution in [3.05, 3.63) is 35.4 Å². The second-order valence-electron chi connectivity index (χ2n) is 5.61. The average molecular weight is 392 g/mol. The number of anilines is 1. The lowest BCUT2D eigenvalue weighted by atomic mass is 10.1. The highest BCUT2D eigenvalue weighted by Crippen LogP contribution is 2.39. The normalized spacial score (nSPS) is 14.9. The van der Waals surface area contributed by atoms with Gasteiger partial charge in [-0.1, -0.05) is 18.2 Å². The quantitative estimate of drug-likeness (QED) is 0.610. The third kappa shape index (κ3) is 4.60. The summed E-state index contributed by atoms with van der Waals surface area (Å²) in [6.45, 7) is 4.40. The van der Waals surface area contributed by atoms with E-state index in [0.717, 1.165) is 6.07 Å². The minimum Gasteiger partial charge on any atom is -0.506 e. The van der Waals surface area contributed by atoms with Gasteiger partial charge in [0.2, 0.25) is 11.8 Å². The van der Waals surface area contributed by atoms with Gasteiger partial charge in [0.1, 0.15) is 5.75 Å². The van der Waals surface area contributed by atoms with Gasteiger partial charge in [-0.15, -0.1) is 0 Å². The second-order valence-corrected chi connectivity index (χ2v) is 6.02. The molecule has 1 aliphatic rings. The summed E-state index contributed by atoms with van der Waals surface area (Å²) in [5.74, 6) is -1.07. The number of piperazine rings is 1. The number of nitrogens with one attached hydrogen (secondary N) is 1. The van der Waals surface area contributed by atoms with Gasteiger partial charge in [0.05, 0.1) is 22.8 Å². The molecule has 2 amide bonds. The highest BCUT2D eigenvalue weighted by Gasteiger charge is 2.34. The molecule has 10 heteroatoms. The van der Waals surface area contributed by atoms with Crippen LogP contribution in [0.3, 0.4) is 0 Å². The number of hydrogen-bond acceptors (Lipinski definition) is 4. The predicted molar refractivity (Wildman–Crippen MR) is 90.0 cm³/mol. The molecule has 0 atom stereocenters. The number of alkyl halides is 3. The fourth-order valence-electron chi connectivity index (χ4n) is 2.51. The van der Waals surface area contributed by atoms with Gasteiger partial charge in [-0.3, -0.25) is 9.59 Å². The maximum atomic E-state index is 12.9. The summed E-state index contributed by atoms with van der Waals surface area (Å²) in [6.07, 6.45) is -3.49. The first-order valence-corrected chi connectivity index (χ1v) is 8.04. The monoisotopic (exact) mass is 391 g/mol. The smallest absolute Gasteiger partial charge is 0.417 e. The molecule has 0 aliphatic carbocycles. The van der Waals surface area contributed by atoms with E-state index in [1.807, 2.05) is 0 Å². The van der Waals surface area contributed by atoms with E-state index in [0.29, 0.717) is 32.2 Å². The molecular weight excluding hydrogens is 375 g/mol. The van der Waals surface area contributed by atoms with E-state index in [4.69, 9.17) is 11.6 Å². The summed E-state index contributed by atoms with van der Waals surface area (Å²) in [5.41, 5.74) is -1.35. The minimum absolute atomic E-state index is 0.221. The van der Waals surface area contributed by atoms with Gasteiger partial charge in [-0.25, -0.2) is 0 Å². The molecule has 2 rings (SSSR count). The maximum absolute atomic E-state index is 12.9. The number of carbonyl (C=O) groups is 2. The molecule has 0 unspecified atom stereocenters. The highest BCUT2D eigenvalue weighted by atomic mass is 35.5. The zero-order valence-corrected chi connectivity index (χ0v) is 14.4. The van der Waals surface area contributed by atoms with E-state index in [1.165, 1.54) is 11.0 Å². The Morgan fingerprint density at radius 2 is 1.81 bits per heavy atom.